The smallest absolute Gasteiger partial charge is 0.331 e. The molecule has 28 heavy (non-hydrogen) atoms. The van der Waals surface area contributed by atoms with Crippen molar-refractivity contribution < 1.29 is 19.4 Å². The van der Waals surface area contributed by atoms with Crippen molar-refractivity contribution >= 4 is 56.8 Å². The third-order valence-corrected chi connectivity index (χ3v) is 6.20. The molecule has 0 radical (unpaired) electrons. The molecule has 2 aromatic heterocycles. The van der Waals surface area contributed by atoms with Crippen molar-refractivity contribution in [3.05, 3.63) is 57.1 Å². The molecule has 5 nitrogen and oxygen atoms in total. The van der Waals surface area contributed by atoms with Gasteiger partial charge >= 0.3 is 5.97 Å². The Bertz CT molecular complexity index is 1000. The summed E-state index contributed by atoms with van der Waals surface area (Å²) in [7, 11) is 0. The molecule has 1 aromatic carbocycles. The van der Waals surface area contributed by atoms with Crippen LogP contribution in [0, 0.1) is 0 Å². The normalized spacial score (nSPS) is 13.5. The molecule has 2 unspecified atom stereocenters. The van der Waals surface area contributed by atoms with E-state index in [9.17, 15) is 14.7 Å². The van der Waals surface area contributed by atoms with Crippen LogP contribution in [0.15, 0.2) is 41.8 Å². The fraction of sp³-hybridized carbons (Fsp3) is 0.238. The van der Waals surface area contributed by atoms with Crippen molar-refractivity contribution in [2.24, 2.45) is 0 Å². The van der Waals surface area contributed by atoms with Gasteiger partial charge in [-0.15, -0.1) is 22.7 Å². The van der Waals surface area contributed by atoms with Crippen LogP contribution in [0.4, 0.5) is 0 Å². The van der Waals surface area contributed by atoms with E-state index in [1.807, 2.05) is 30.4 Å². The van der Waals surface area contributed by atoms with Gasteiger partial charge in [0.05, 0.1) is 6.61 Å². The summed E-state index contributed by atoms with van der Waals surface area (Å²) in [5.74, 6) is -1.06. The minimum Gasteiger partial charge on any atom is -0.464 e. The standard InChI is InChI=1S/C21H21NO4S2/c1-3-26-21(25)19(22-13(2)23)20(24)18-11-10-15(28-18)9-8-14-12-27-17-7-5-4-6-16(14)17/h4-12,19-20,24H,3H2,1-2H3,(H,22,23). The van der Waals surface area contributed by atoms with E-state index in [0.717, 1.165) is 10.4 Å². The van der Waals surface area contributed by atoms with Gasteiger partial charge in [-0.1, -0.05) is 24.3 Å². The topological polar surface area (TPSA) is 75.6 Å². The van der Waals surface area contributed by atoms with E-state index >= 15 is 0 Å². The number of nitrogens with one attached hydrogen (secondary N) is 1. The van der Waals surface area contributed by atoms with E-state index in [1.165, 1.54) is 28.3 Å². The second-order valence-corrected chi connectivity index (χ2v) is 8.19. The van der Waals surface area contributed by atoms with Crippen LogP contribution in [0.5, 0.6) is 0 Å². The van der Waals surface area contributed by atoms with E-state index in [2.05, 4.69) is 22.8 Å². The number of benzene rings is 1. The van der Waals surface area contributed by atoms with Gasteiger partial charge in [-0.3, -0.25) is 4.79 Å². The van der Waals surface area contributed by atoms with Gasteiger partial charge in [-0.25, -0.2) is 4.79 Å². The maximum atomic E-state index is 12.1. The highest BCUT2D eigenvalue weighted by molar-refractivity contribution is 7.17. The number of amides is 1. The molecule has 146 valence electrons. The number of carbonyl (C=O) groups excluding carboxylic acids is 2. The van der Waals surface area contributed by atoms with Crippen LogP contribution in [-0.2, 0) is 14.3 Å². The maximum absolute atomic E-state index is 12.1. The second kappa shape index (κ2) is 9.14. The zero-order valence-corrected chi connectivity index (χ0v) is 17.2. The second-order valence-electron chi connectivity index (χ2n) is 6.14. The molecule has 0 saturated carbocycles. The summed E-state index contributed by atoms with van der Waals surface area (Å²) in [6.07, 6.45) is 2.85. The molecule has 1 amide bonds. The molecule has 0 aliphatic heterocycles. The first-order valence-corrected chi connectivity index (χ1v) is 10.5. The zero-order chi connectivity index (χ0) is 20.1. The Kier molecular flexibility index (Phi) is 6.61. The SMILES string of the molecule is CCOC(=O)C(NC(C)=O)C(O)c1ccc(C=Cc2csc3ccccc23)s1. The van der Waals surface area contributed by atoms with E-state index in [0.29, 0.717) is 4.88 Å². The van der Waals surface area contributed by atoms with Crippen LogP contribution < -0.4 is 5.32 Å². The van der Waals surface area contributed by atoms with Crippen LogP contribution in [-0.4, -0.2) is 29.6 Å². The molecule has 0 saturated heterocycles. The molecule has 3 rings (SSSR count). The molecule has 2 heterocycles. The summed E-state index contributed by atoms with van der Waals surface area (Å²) >= 11 is 3.06. The van der Waals surface area contributed by atoms with Gasteiger partial charge < -0.3 is 15.2 Å². The summed E-state index contributed by atoms with van der Waals surface area (Å²) in [6.45, 7) is 3.15. The molecule has 0 aliphatic rings. The molecule has 3 aromatic rings. The van der Waals surface area contributed by atoms with E-state index in [1.54, 1.807) is 24.3 Å². The molecule has 2 N–H and O–H groups in total. The molecule has 0 spiro atoms. The van der Waals surface area contributed by atoms with Crippen LogP contribution in [0.1, 0.15) is 35.3 Å². The number of aliphatic hydroxyl groups excluding tert-OH is 1. The Hall–Kier alpha value is -2.48. The van der Waals surface area contributed by atoms with Crippen LogP contribution in [0.2, 0.25) is 0 Å². The number of esters is 1. The molecule has 0 bridgehead atoms. The number of ether oxygens (including phenoxy) is 1. The van der Waals surface area contributed by atoms with Crippen molar-refractivity contribution in [2.75, 3.05) is 6.61 Å². The van der Waals surface area contributed by atoms with Crippen LogP contribution in [0.3, 0.4) is 0 Å². The average molecular weight is 416 g/mol. The number of aliphatic hydroxyl groups is 1. The van der Waals surface area contributed by atoms with E-state index < -0.39 is 24.0 Å². The Morgan fingerprint density at radius 1 is 1.21 bits per heavy atom. The maximum Gasteiger partial charge on any atom is 0.331 e. The van der Waals surface area contributed by atoms with Gasteiger partial charge in [0, 0.05) is 21.4 Å². The zero-order valence-electron chi connectivity index (χ0n) is 15.5. The number of hydrogen-bond acceptors (Lipinski definition) is 6. The lowest BCUT2D eigenvalue weighted by molar-refractivity contribution is -0.150. The van der Waals surface area contributed by atoms with Gasteiger partial charge in [0.1, 0.15) is 6.10 Å². The number of fused-ring (bicyclic) bond motifs is 1. The molecular weight excluding hydrogens is 394 g/mol. The highest BCUT2D eigenvalue weighted by Crippen LogP contribution is 2.30. The van der Waals surface area contributed by atoms with Crippen molar-refractivity contribution in [1.29, 1.82) is 0 Å². The van der Waals surface area contributed by atoms with Gasteiger partial charge in [-0.2, -0.15) is 0 Å². The van der Waals surface area contributed by atoms with Crippen LogP contribution >= 0.6 is 22.7 Å². The summed E-state index contributed by atoms with van der Waals surface area (Å²) < 4.78 is 6.20. The highest BCUT2D eigenvalue weighted by Gasteiger charge is 2.31. The molecular formula is C21H21NO4S2. The summed E-state index contributed by atoms with van der Waals surface area (Å²) in [5, 5.41) is 16.4. The average Bonchev–Trinajstić information content (AvgIpc) is 3.31. The lowest BCUT2D eigenvalue weighted by Crippen LogP contribution is -2.44. The Morgan fingerprint density at radius 3 is 2.75 bits per heavy atom. The first-order chi connectivity index (χ1) is 13.5. The Morgan fingerprint density at radius 2 is 2.00 bits per heavy atom. The van der Waals surface area contributed by atoms with Gasteiger partial charge in [0.25, 0.3) is 0 Å². The van der Waals surface area contributed by atoms with Gasteiger partial charge in [0.2, 0.25) is 5.91 Å². The number of carbonyl (C=O) groups is 2. The first kappa shape index (κ1) is 20.3. The fourth-order valence-corrected chi connectivity index (χ4v) is 4.67. The minimum atomic E-state index is -1.17. The number of thiophene rings is 2. The lowest BCUT2D eigenvalue weighted by atomic mass is 10.1. The summed E-state index contributed by atoms with van der Waals surface area (Å²) in [6, 6.07) is 10.7. The molecule has 0 fully saturated rings. The summed E-state index contributed by atoms with van der Waals surface area (Å²) in [4.78, 5) is 25.0. The van der Waals surface area contributed by atoms with Crippen molar-refractivity contribution in [2.45, 2.75) is 26.0 Å². The highest BCUT2D eigenvalue weighted by atomic mass is 32.1. The van der Waals surface area contributed by atoms with Crippen molar-refractivity contribution in [3.63, 3.8) is 0 Å². The van der Waals surface area contributed by atoms with Crippen molar-refractivity contribution in [1.82, 2.24) is 5.32 Å². The third-order valence-electron chi connectivity index (χ3n) is 4.09. The predicted octanol–water partition coefficient (Wildman–Crippen LogP) is 4.23. The Labute approximate surface area is 171 Å². The third kappa shape index (κ3) is 4.67. The summed E-state index contributed by atoms with van der Waals surface area (Å²) in [5.41, 5.74) is 1.14. The van der Waals surface area contributed by atoms with E-state index in [4.69, 9.17) is 4.74 Å². The lowest BCUT2D eigenvalue weighted by Gasteiger charge is -2.20. The van der Waals surface area contributed by atoms with Gasteiger partial charge in [0.15, 0.2) is 6.04 Å². The molecule has 2 atom stereocenters. The number of rotatable bonds is 7. The largest absolute Gasteiger partial charge is 0.464 e. The Balaban J connectivity index is 1.78. The van der Waals surface area contributed by atoms with Crippen LogP contribution in [0.25, 0.3) is 22.2 Å². The quantitative estimate of drug-likeness (QED) is 0.566. The van der Waals surface area contributed by atoms with E-state index in [-0.39, 0.29) is 6.61 Å². The monoisotopic (exact) mass is 415 g/mol. The predicted molar refractivity (Wildman–Crippen MR) is 114 cm³/mol. The molecule has 7 heteroatoms. The first-order valence-electron chi connectivity index (χ1n) is 8.85. The fourth-order valence-electron chi connectivity index (χ4n) is 2.80. The van der Waals surface area contributed by atoms with Crippen molar-refractivity contribution in [3.8, 4) is 0 Å². The molecule has 0 aliphatic carbocycles. The minimum absolute atomic E-state index is 0.175. The van der Waals surface area contributed by atoms with Gasteiger partial charge in [-0.05, 0) is 47.5 Å². The number of hydrogen-bond donors (Lipinski definition) is 2.